The summed E-state index contributed by atoms with van der Waals surface area (Å²) < 4.78 is 0. The van der Waals surface area contributed by atoms with Crippen molar-refractivity contribution in [3.63, 3.8) is 0 Å². The van der Waals surface area contributed by atoms with Crippen LogP contribution in [0.1, 0.15) is 38.0 Å². The highest BCUT2D eigenvalue weighted by Crippen LogP contribution is 2.22. The molecule has 0 saturated heterocycles. The van der Waals surface area contributed by atoms with Gasteiger partial charge in [0.25, 0.3) is 0 Å². The van der Waals surface area contributed by atoms with Crippen LogP contribution in [0.25, 0.3) is 0 Å². The maximum Gasteiger partial charge on any atom is 0.125 e. The van der Waals surface area contributed by atoms with Gasteiger partial charge in [0, 0.05) is 12.7 Å². The minimum Gasteiger partial charge on any atom is -0.387 e. The van der Waals surface area contributed by atoms with Crippen molar-refractivity contribution in [2.75, 3.05) is 11.9 Å². The molecule has 0 radical (unpaired) electrons. The Hall–Kier alpha value is -1.39. The summed E-state index contributed by atoms with van der Waals surface area (Å²) in [7, 11) is 0. The lowest BCUT2D eigenvalue weighted by Gasteiger charge is -2.19. The van der Waals surface area contributed by atoms with Crippen LogP contribution in [-0.4, -0.2) is 16.6 Å². The molecule has 0 spiro atoms. The molecule has 0 bridgehead atoms. The van der Waals surface area contributed by atoms with Crippen molar-refractivity contribution in [1.29, 1.82) is 0 Å². The van der Waals surface area contributed by atoms with Crippen LogP contribution in [0.4, 0.5) is 5.82 Å². The van der Waals surface area contributed by atoms with Crippen LogP contribution in [0.5, 0.6) is 0 Å². The zero-order chi connectivity index (χ0) is 13.9. The molecule has 1 atom stereocenters. The Morgan fingerprint density at radius 2 is 2.11 bits per heavy atom. The summed E-state index contributed by atoms with van der Waals surface area (Å²) in [4.78, 5) is 4.38. The Bertz CT molecular complexity index is 500. The zero-order valence-electron chi connectivity index (χ0n) is 11.6. The molecule has 0 aliphatic rings. The van der Waals surface area contributed by atoms with E-state index >= 15 is 0 Å². The van der Waals surface area contributed by atoms with Gasteiger partial charge in [0.2, 0.25) is 0 Å². The molecule has 0 aliphatic heterocycles. The largest absolute Gasteiger partial charge is 0.387 e. The number of rotatable bonds is 4. The van der Waals surface area contributed by atoms with E-state index in [2.05, 4.69) is 37.1 Å². The van der Waals surface area contributed by atoms with Crippen LogP contribution in [0.2, 0.25) is 0 Å². The Kier molecular flexibility index (Phi) is 4.22. The minimum absolute atomic E-state index is 0.113. The maximum atomic E-state index is 9.97. The van der Waals surface area contributed by atoms with E-state index in [9.17, 15) is 5.11 Å². The lowest BCUT2D eigenvalue weighted by Crippen LogP contribution is -2.14. The van der Waals surface area contributed by atoms with Gasteiger partial charge in [-0.3, -0.25) is 0 Å². The van der Waals surface area contributed by atoms with Crippen LogP contribution in [-0.2, 0) is 5.41 Å². The van der Waals surface area contributed by atoms with E-state index < -0.39 is 6.10 Å². The number of anilines is 1. The number of pyridine rings is 1. The molecule has 1 unspecified atom stereocenters. The van der Waals surface area contributed by atoms with E-state index in [1.165, 1.54) is 5.56 Å². The molecular formula is C15H20N2OS. The van der Waals surface area contributed by atoms with E-state index in [0.717, 1.165) is 11.4 Å². The molecule has 4 heteroatoms. The predicted molar refractivity (Wildman–Crippen MR) is 80.7 cm³/mol. The van der Waals surface area contributed by atoms with E-state index in [-0.39, 0.29) is 5.41 Å². The van der Waals surface area contributed by atoms with Crippen LogP contribution in [0.15, 0.2) is 35.2 Å². The van der Waals surface area contributed by atoms with Crippen molar-refractivity contribution in [2.45, 2.75) is 32.3 Å². The number of aliphatic hydroxyl groups is 1. The number of hydrogen-bond donors (Lipinski definition) is 2. The summed E-state index contributed by atoms with van der Waals surface area (Å²) in [6, 6.07) is 5.97. The van der Waals surface area contributed by atoms with Gasteiger partial charge < -0.3 is 10.4 Å². The van der Waals surface area contributed by atoms with Gasteiger partial charge in [-0.2, -0.15) is 11.3 Å². The molecule has 0 fully saturated rings. The summed E-state index contributed by atoms with van der Waals surface area (Å²) >= 11 is 1.59. The highest BCUT2D eigenvalue weighted by molar-refractivity contribution is 7.07. The van der Waals surface area contributed by atoms with Crippen molar-refractivity contribution in [3.05, 3.63) is 46.3 Å². The van der Waals surface area contributed by atoms with Crippen LogP contribution >= 0.6 is 11.3 Å². The van der Waals surface area contributed by atoms with Crippen molar-refractivity contribution in [1.82, 2.24) is 4.98 Å². The first-order valence-corrected chi connectivity index (χ1v) is 7.31. The van der Waals surface area contributed by atoms with E-state index in [4.69, 9.17) is 0 Å². The highest BCUT2D eigenvalue weighted by Gasteiger charge is 2.14. The fraction of sp³-hybridized carbons (Fsp3) is 0.400. The van der Waals surface area contributed by atoms with Crippen LogP contribution < -0.4 is 5.32 Å². The van der Waals surface area contributed by atoms with Gasteiger partial charge in [0.05, 0.1) is 6.10 Å². The van der Waals surface area contributed by atoms with E-state index in [1.807, 2.05) is 29.1 Å². The second kappa shape index (κ2) is 5.72. The molecule has 2 rings (SSSR count). The first-order valence-electron chi connectivity index (χ1n) is 6.37. The highest BCUT2D eigenvalue weighted by atomic mass is 32.1. The monoisotopic (exact) mass is 276 g/mol. The fourth-order valence-electron chi connectivity index (χ4n) is 1.73. The number of hydrogen-bond acceptors (Lipinski definition) is 4. The first-order chi connectivity index (χ1) is 8.97. The van der Waals surface area contributed by atoms with Gasteiger partial charge in [-0.1, -0.05) is 26.8 Å². The zero-order valence-corrected chi connectivity index (χ0v) is 12.4. The molecule has 0 saturated carbocycles. The molecule has 3 nitrogen and oxygen atoms in total. The molecule has 2 heterocycles. The second-order valence-corrected chi connectivity index (χ2v) is 6.42. The Labute approximate surface area is 118 Å². The van der Waals surface area contributed by atoms with Crippen molar-refractivity contribution in [2.24, 2.45) is 0 Å². The summed E-state index contributed by atoms with van der Waals surface area (Å²) in [6.07, 6.45) is 1.40. The molecule has 102 valence electrons. The van der Waals surface area contributed by atoms with E-state index in [1.54, 1.807) is 11.3 Å². The molecule has 0 aromatic carbocycles. The number of aromatic nitrogens is 1. The smallest absolute Gasteiger partial charge is 0.125 e. The number of nitrogens with zero attached hydrogens (tertiary/aromatic N) is 1. The van der Waals surface area contributed by atoms with Crippen molar-refractivity contribution >= 4 is 17.2 Å². The van der Waals surface area contributed by atoms with Crippen molar-refractivity contribution in [3.8, 4) is 0 Å². The van der Waals surface area contributed by atoms with Gasteiger partial charge in [0.15, 0.2) is 0 Å². The van der Waals surface area contributed by atoms with Gasteiger partial charge >= 0.3 is 0 Å². The minimum atomic E-state index is -0.490. The van der Waals surface area contributed by atoms with Gasteiger partial charge in [-0.05, 0) is 39.4 Å². The van der Waals surface area contributed by atoms with Gasteiger partial charge in [0.1, 0.15) is 5.82 Å². The average Bonchev–Trinajstić information content (AvgIpc) is 2.89. The van der Waals surface area contributed by atoms with Gasteiger partial charge in [-0.15, -0.1) is 0 Å². The molecule has 19 heavy (non-hydrogen) atoms. The molecule has 2 aromatic rings. The molecule has 2 N–H and O–H groups in total. The third-order valence-corrected chi connectivity index (χ3v) is 3.74. The lowest BCUT2D eigenvalue weighted by atomic mass is 9.88. The maximum absolute atomic E-state index is 9.97. The topological polar surface area (TPSA) is 45.1 Å². The molecule has 0 aliphatic carbocycles. The lowest BCUT2D eigenvalue weighted by molar-refractivity contribution is 0.192. The summed E-state index contributed by atoms with van der Waals surface area (Å²) in [5, 5.41) is 17.1. The number of thiophene rings is 1. The van der Waals surface area contributed by atoms with E-state index in [0.29, 0.717) is 6.54 Å². The normalized spacial score (nSPS) is 13.3. The molecule has 0 amide bonds. The third-order valence-electron chi connectivity index (χ3n) is 3.03. The number of nitrogens with one attached hydrogen (secondary N) is 1. The number of aliphatic hydroxyl groups excluding tert-OH is 1. The third kappa shape index (κ3) is 3.78. The molecule has 2 aromatic heterocycles. The summed E-state index contributed by atoms with van der Waals surface area (Å²) in [6.45, 7) is 6.96. The first kappa shape index (κ1) is 14.0. The summed E-state index contributed by atoms with van der Waals surface area (Å²) in [5.41, 5.74) is 2.27. The Morgan fingerprint density at radius 1 is 1.32 bits per heavy atom. The average molecular weight is 276 g/mol. The van der Waals surface area contributed by atoms with Crippen LogP contribution in [0, 0.1) is 0 Å². The van der Waals surface area contributed by atoms with Crippen LogP contribution in [0.3, 0.4) is 0 Å². The Balaban J connectivity index is 1.93. The predicted octanol–water partition coefficient (Wildman–Crippen LogP) is 3.59. The fourth-order valence-corrected chi connectivity index (χ4v) is 2.43. The molecular weight excluding hydrogens is 256 g/mol. The summed E-state index contributed by atoms with van der Waals surface area (Å²) in [5.74, 6) is 0.794. The quantitative estimate of drug-likeness (QED) is 0.897. The second-order valence-electron chi connectivity index (χ2n) is 5.64. The Morgan fingerprint density at radius 3 is 2.63 bits per heavy atom. The van der Waals surface area contributed by atoms with Gasteiger partial charge in [-0.25, -0.2) is 4.98 Å². The standard InChI is InChI=1S/C15H20N2OS/c1-15(2,3)12-4-5-14(16-8-12)17-9-13(18)11-6-7-19-10-11/h4-8,10,13,18H,9H2,1-3H3,(H,16,17). The SMILES string of the molecule is CC(C)(C)c1ccc(NCC(O)c2ccsc2)nc1. The van der Waals surface area contributed by atoms with Crippen molar-refractivity contribution < 1.29 is 5.11 Å².